The molecule has 0 spiro atoms. The summed E-state index contributed by atoms with van der Waals surface area (Å²) in [7, 11) is 4.30. The maximum absolute atomic E-state index is 3.55. The monoisotopic (exact) mass is 271 g/mol. The fourth-order valence-electron chi connectivity index (χ4n) is 2.23. The third kappa shape index (κ3) is 10.3. The first kappa shape index (κ1) is 16.9. The van der Waals surface area contributed by atoms with E-state index >= 15 is 0 Å². The van der Waals surface area contributed by atoms with Crippen LogP contribution in [0.1, 0.15) is 12.8 Å². The van der Waals surface area contributed by atoms with Crippen LogP contribution in [0.3, 0.4) is 0 Å². The molecule has 0 aliphatic carbocycles. The molecule has 1 fully saturated rings. The molecule has 5 nitrogen and oxygen atoms in total. The summed E-state index contributed by atoms with van der Waals surface area (Å²) in [4.78, 5) is 4.85. The van der Waals surface area contributed by atoms with Gasteiger partial charge in [-0.15, -0.1) is 0 Å². The summed E-state index contributed by atoms with van der Waals surface area (Å²) in [6.45, 7) is 11.4. The van der Waals surface area contributed by atoms with E-state index in [2.05, 4.69) is 39.8 Å². The molecule has 0 aromatic carbocycles. The predicted octanol–water partition coefficient (Wildman–Crippen LogP) is -0.587. The second-order valence-electron chi connectivity index (χ2n) is 5.60. The first-order valence-electron chi connectivity index (χ1n) is 7.78. The molecule has 114 valence electrons. The highest BCUT2D eigenvalue weighted by atomic mass is 15.2. The second-order valence-corrected chi connectivity index (χ2v) is 5.60. The fraction of sp³-hybridized carbons (Fsp3) is 1.00. The van der Waals surface area contributed by atoms with Crippen LogP contribution in [0.25, 0.3) is 0 Å². The summed E-state index contributed by atoms with van der Waals surface area (Å²) in [5.41, 5.74) is 0. The van der Waals surface area contributed by atoms with Gasteiger partial charge in [0.2, 0.25) is 0 Å². The number of nitrogens with one attached hydrogen (secondary N) is 3. The van der Waals surface area contributed by atoms with Crippen LogP contribution in [-0.4, -0.2) is 89.3 Å². The van der Waals surface area contributed by atoms with Crippen LogP contribution in [-0.2, 0) is 0 Å². The summed E-state index contributed by atoms with van der Waals surface area (Å²) in [6.07, 6.45) is 2.46. The van der Waals surface area contributed by atoms with Crippen molar-refractivity contribution in [1.82, 2.24) is 25.8 Å². The standard InChI is InChI=1S/C14H33N5/c1-18(2)13-14-19-11-4-7-16-9-8-15-5-3-6-17-10-12-19/h15-17H,3-14H2,1-2H3. The van der Waals surface area contributed by atoms with E-state index in [4.69, 9.17) is 0 Å². The van der Waals surface area contributed by atoms with E-state index in [0.29, 0.717) is 0 Å². The van der Waals surface area contributed by atoms with Gasteiger partial charge in [-0.1, -0.05) is 0 Å². The van der Waals surface area contributed by atoms with Gasteiger partial charge in [0.05, 0.1) is 0 Å². The van der Waals surface area contributed by atoms with Gasteiger partial charge < -0.3 is 25.8 Å². The van der Waals surface area contributed by atoms with E-state index in [-0.39, 0.29) is 0 Å². The second kappa shape index (κ2) is 11.6. The maximum Gasteiger partial charge on any atom is 0.0110 e. The largest absolute Gasteiger partial charge is 0.315 e. The summed E-state index contributed by atoms with van der Waals surface area (Å²) in [6, 6.07) is 0. The average Bonchev–Trinajstić information content (AvgIpc) is 2.39. The van der Waals surface area contributed by atoms with Crippen LogP contribution < -0.4 is 16.0 Å². The van der Waals surface area contributed by atoms with Crippen molar-refractivity contribution in [2.75, 3.05) is 79.5 Å². The molecule has 0 atom stereocenters. The van der Waals surface area contributed by atoms with E-state index in [1.807, 2.05) is 0 Å². The summed E-state index contributed by atoms with van der Waals surface area (Å²) in [5, 5.41) is 10.5. The van der Waals surface area contributed by atoms with Crippen molar-refractivity contribution in [3.05, 3.63) is 0 Å². The minimum absolute atomic E-state index is 1.09. The lowest BCUT2D eigenvalue weighted by atomic mass is 10.3. The SMILES string of the molecule is CN(C)CCN1CCCNCCNCCCNCC1. The zero-order chi connectivity index (χ0) is 13.8. The van der Waals surface area contributed by atoms with Gasteiger partial charge >= 0.3 is 0 Å². The Bertz CT molecular complexity index is 184. The molecule has 0 amide bonds. The van der Waals surface area contributed by atoms with Crippen molar-refractivity contribution in [2.24, 2.45) is 0 Å². The maximum atomic E-state index is 3.55. The molecule has 0 radical (unpaired) electrons. The Morgan fingerprint density at radius 2 is 1.42 bits per heavy atom. The van der Waals surface area contributed by atoms with Gasteiger partial charge in [-0.05, 0) is 53.1 Å². The lowest BCUT2D eigenvalue weighted by Crippen LogP contribution is -2.39. The fourth-order valence-corrected chi connectivity index (χ4v) is 2.23. The molecule has 0 aromatic rings. The van der Waals surface area contributed by atoms with Crippen molar-refractivity contribution in [3.8, 4) is 0 Å². The Kier molecular flexibility index (Phi) is 10.3. The Balaban J connectivity index is 2.23. The molecule has 1 aliphatic heterocycles. The first-order chi connectivity index (χ1) is 9.29. The molecule has 3 N–H and O–H groups in total. The summed E-state index contributed by atoms with van der Waals surface area (Å²) in [5.74, 6) is 0. The number of nitrogens with zero attached hydrogens (tertiary/aromatic N) is 2. The topological polar surface area (TPSA) is 42.6 Å². The highest BCUT2D eigenvalue weighted by Crippen LogP contribution is 1.92. The molecular formula is C14H33N5. The lowest BCUT2D eigenvalue weighted by molar-refractivity contribution is 0.237. The van der Waals surface area contributed by atoms with E-state index in [0.717, 1.165) is 45.8 Å². The predicted molar refractivity (Wildman–Crippen MR) is 82.8 cm³/mol. The Morgan fingerprint density at radius 1 is 0.789 bits per heavy atom. The van der Waals surface area contributed by atoms with Gasteiger partial charge in [0.15, 0.2) is 0 Å². The zero-order valence-corrected chi connectivity index (χ0v) is 12.9. The molecule has 0 unspecified atom stereocenters. The number of likely N-dealkylation sites (N-methyl/N-ethyl adjacent to an activating group) is 1. The quantitative estimate of drug-likeness (QED) is 0.640. The van der Waals surface area contributed by atoms with E-state index in [1.54, 1.807) is 0 Å². The molecule has 1 saturated heterocycles. The Labute approximate surface area is 119 Å². The van der Waals surface area contributed by atoms with Crippen LogP contribution in [0.2, 0.25) is 0 Å². The molecule has 5 heteroatoms. The molecule has 1 heterocycles. The van der Waals surface area contributed by atoms with Gasteiger partial charge in [-0.25, -0.2) is 0 Å². The van der Waals surface area contributed by atoms with Crippen LogP contribution >= 0.6 is 0 Å². The molecule has 0 bridgehead atoms. The van der Waals surface area contributed by atoms with Crippen molar-refractivity contribution in [1.29, 1.82) is 0 Å². The van der Waals surface area contributed by atoms with Gasteiger partial charge in [0.1, 0.15) is 0 Å². The third-order valence-electron chi connectivity index (χ3n) is 3.48. The number of hydrogen-bond acceptors (Lipinski definition) is 5. The molecule has 0 aromatic heterocycles. The lowest BCUT2D eigenvalue weighted by Gasteiger charge is -2.24. The van der Waals surface area contributed by atoms with E-state index < -0.39 is 0 Å². The third-order valence-corrected chi connectivity index (χ3v) is 3.48. The van der Waals surface area contributed by atoms with Crippen molar-refractivity contribution in [2.45, 2.75) is 12.8 Å². The van der Waals surface area contributed by atoms with Crippen LogP contribution in [0.15, 0.2) is 0 Å². The Morgan fingerprint density at radius 3 is 2.11 bits per heavy atom. The molecule has 1 rings (SSSR count). The number of hydrogen-bond donors (Lipinski definition) is 3. The molecule has 1 aliphatic rings. The highest BCUT2D eigenvalue weighted by molar-refractivity contribution is 4.64. The average molecular weight is 271 g/mol. The first-order valence-corrected chi connectivity index (χ1v) is 7.78. The van der Waals surface area contributed by atoms with Crippen LogP contribution in [0, 0.1) is 0 Å². The van der Waals surface area contributed by atoms with Gasteiger partial charge in [0, 0.05) is 39.3 Å². The van der Waals surface area contributed by atoms with E-state index in [1.165, 1.54) is 32.5 Å². The van der Waals surface area contributed by atoms with Crippen LogP contribution in [0.5, 0.6) is 0 Å². The van der Waals surface area contributed by atoms with Crippen molar-refractivity contribution < 1.29 is 0 Å². The Hall–Kier alpha value is -0.200. The van der Waals surface area contributed by atoms with Crippen molar-refractivity contribution >= 4 is 0 Å². The zero-order valence-electron chi connectivity index (χ0n) is 12.9. The number of rotatable bonds is 3. The smallest absolute Gasteiger partial charge is 0.0110 e. The highest BCUT2D eigenvalue weighted by Gasteiger charge is 2.05. The van der Waals surface area contributed by atoms with Crippen molar-refractivity contribution in [3.63, 3.8) is 0 Å². The van der Waals surface area contributed by atoms with E-state index in [9.17, 15) is 0 Å². The minimum Gasteiger partial charge on any atom is -0.315 e. The molecular weight excluding hydrogens is 238 g/mol. The molecule has 19 heavy (non-hydrogen) atoms. The molecule has 0 saturated carbocycles. The van der Waals surface area contributed by atoms with Gasteiger partial charge in [-0.2, -0.15) is 0 Å². The van der Waals surface area contributed by atoms with Gasteiger partial charge in [-0.3, -0.25) is 0 Å². The van der Waals surface area contributed by atoms with Gasteiger partial charge in [0.25, 0.3) is 0 Å². The summed E-state index contributed by atoms with van der Waals surface area (Å²) < 4.78 is 0. The van der Waals surface area contributed by atoms with Crippen LogP contribution in [0.4, 0.5) is 0 Å². The normalized spacial score (nSPS) is 22.3. The summed E-state index contributed by atoms with van der Waals surface area (Å²) >= 11 is 0. The minimum atomic E-state index is 1.09.